The third kappa shape index (κ3) is 51.8. The summed E-state index contributed by atoms with van der Waals surface area (Å²) in [5.41, 5.74) is 0. The van der Waals surface area contributed by atoms with Crippen molar-refractivity contribution in [3.63, 3.8) is 0 Å². The molecule has 0 spiro atoms. The Morgan fingerprint density at radius 1 is 0.415 bits per heavy atom. The second kappa shape index (κ2) is 55.2. The Hall–Kier alpha value is -1.40. The van der Waals surface area contributed by atoms with Crippen LogP contribution in [0.15, 0.2) is 12.2 Å². The summed E-state index contributed by atoms with van der Waals surface area (Å²) in [5.74, 6) is -0.0936. The molecular formula is C59H115NO5. The van der Waals surface area contributed by atoms with E-state index in [9.17, 15) is 19.8 Å². The fourth-order valence-electron chi connectivity index (χ4n) is 9.28. The van der Waals surface area contributed by atoms with Crippen molar-refractivity contribution in [1.29, 1.82) is 0 Å². The summed E-state index contributed by atoms with van der Waals surface area (Å²) in [5, 5.41) is 23.2. The molecule has 3 N–H and O–H groups in total. The molecule has 386 valence electrons. The molecule has 1 amide bonds. The average molecular weight is 919 g/mol. The molecule has 6 nitrogen and oxygen atoms in total. The predicted octanol–water partition coefficient (Wildman–Crippen LogP) is 18.1. The highest BCUT2D eigenvalue weighted by atomic mass is 16.5. The average Bonchev–Trinajstić information content (AvgIpc) is 3.31. The number of nitrogens with one attached hydrogen (secondary N) is 1. The number of esters is 1. The zero-order valence-electron chi connectivity index (χ0n) is 44.0. The fraction of sp³-hybridized carbons (Fsp3) is 0.932. The largest absolute Gasteiger partial charge is 0.466 e. The summed E-state index contributed by atoms with van der Waals surface area (Å²) in [6.07, 6.45) is 65.2. The van der Waals surface area contributed by atoms with Crippen LogP contribution in [0.3, 0.4) is 0 Å². The first-order chi connectivity index (χ1) is 32.0. The van der Waals surface area contributed by atoms with E-state index in [2.05, 4.69) is 19.2 Å². The van der Waals surface area contributed by atoms with Gasteiger partial charge in [0, 0.05) is 12.8 Å². The van der Waals surface area contributed by atoms with Gasteiger partial charge in [0.25, 0.3) is 0 Å². The van der Waals surface area contributed by atoms with Crippen LogP contribution in [0.4, 0.5) is 0 Å². The highest BCUT2D eigenvalue weighted by Gasteiger charge is 2.18. The van der Waals surface area contributed by atoms with E-state index in [1.807, 2.05) is 6.08 Å². The van der Waals surface area contributed by atoms with Crippen LogP contribution in [0.2, 0.25) is 0 Å². The number of carbonyl (C=O) groups is 2. The monoisotopic (exact) mass is 918 g/mol. The summed E-state index contributed by atoms with van der Waals surface area (Å²) in [6.45, 7) is 4.89. The number of aliphatic hydroxyl groups excluding tert-OH is 2. The molecule has 0 saturated heterocycles. The van der Waals surface area contributed by atoms with Gasteiger partial charge in [-0.25, -0.2) is 0 Å². The van der Waals surface area contributed by atoms with Crippen molar-refractivity contribution >= 4 is 11.9 Å². The van der Waals surface area contributed by atoms with E-state index in [-0.39, 0.29) is 18.5 Å². The van der Waals surface area contributed by atoms with E-state index in [1.165, 1.54) is 244 Å². The standard InChI is InChI=1S/C59H115NO5/c1-3-5-7-9-11-13-15-17-19-21-22-23-25-26-28-31-35-39-43-47-51-57(62)56(55-61)60-58(63)52-48-44-40-36-32-30-34-38-42-46-50-54-65-59(64)53-49-45-41-37-33-29-27-24-20-18-16-14-12-10-8-6-4-2/h47,51,56-57,61-62H,3-46,48-50,52-55H2,1-2H3,(H,60,63)/b51-47+. The molecule has 0 aliphatic rings. The maximum Gasteiger partial charge on any atom is 0.305 e. The van der Waals surface area contributed by atoms with E-state index >= 15 is 0 Å². The lowest BCUT2D eigenvalue weighted by atomic mass is 10.0. The molecule has 2 unspecified atom stereocenters. The third-order valence-corrected chi connectivity index (χ3v) is 13.8. The molecule has 0 bridgehead atoms. The van der Waals surface area contributed by atoms with Gasteiger partial charge in [-0.15, -0.1) is 0 Å². The highest BCUT2D eigenvalue weighted by molar-refractivity contribution is 5.76. The Bertz CT molecular complexity index is 970. The van der Waals surface area contributed by atoms with E-state index in [0.29, 0.717) is 19.4 Å². The molecular weight excluding hydrogens is 803 g/mol. The quantitative estimate of drug-likeness (QED) is 0.0321. The second-order valence-electron chi connectivity index (χ2n) is 20.3. The van der Waals surface area contributed by atoms with Crippen molar-refractivity contribution in [3.8, 4) is 0 Å². The van der Waals surface area contributed by atoms with Gasteiger partial charge < -0.3 is 20.3 Å². The molecule has 0 aliphatic carbocycles. The van der Waals surface area contributed by atoms with Crippen LogP contribution >= 0.6 is 0 Å². The van der Waals surface area contributed by atoms with Gasteiger partial charge in [0.05, 0.1) is 25.4 Å². The summed E-state index contributed by atoms with van der Waals surface area (Å²) in [6, 6.07) is -0.641. The van der Waals surface area contributed by atoms with Crippen molar-refractivity contribution < 1.29 is 24.5 Å². The van der Waals surface area contributed by atoms with Gasteiger partial charge in [-0.2, -0.15) is 0 Å². The normalized spacial score (nSPS) is 12.6. The summed E-state index contributed by atoms with van der Waals surface area (Å²) >= 11 is 0. The molecule has 0 heterocycles. The maximum absolute atomic E-state index is 12.5. The maximum atomic E-state index is 12.5. The number of ether oxygens (including phenoxy) is 1. The van der Waals surface area contributed by atoms with Crippen LogP contribution in [0.5, 0.6) is 0 Å². The summed E-state index contributed by atoms with van der Waals surface area (Å²) < 4.78 is 5.48. The lowest BCUT2D eigenvalue weighted by Crippen LogP contribution is -2.45. The minimum Gasteiger partial charge on any atom is -0.466 e. The molecule has 0 aliphatic heterocycles. The lowest BCUT2D eigenvalue weighted by Gasteiger charge is -2.20. The van der Waals surface area contributed by atoms with Crippen LogP contribution in [-0.2, 0) is 14.3 Å². The number of amides is 1. The smallest absolute Gasteiger partial charge is 0.305 e. The van der Waals surface area contributed by atoms with E-state index in [0.717, 1.165) is 57.8 Å². The first-order valence-electron chi connectivity index (χ1n) is 29.5. The van der Waals surface area contributed by atoms with Gasteiger partial charge in [0.1, 0.15) is 0 Å². The van der Waals surface area contributed by atoms with Crippen molar-refractivity contribution in [2.75, 3.05) is 13.2 Å². The Morgan fingerprint density at radius 3 is 1.05 bits per heavy atom. The number of allylic oxidation sites excluding steroid dienone is 1. The minimum atomic E-state index is -0.856. The number of aliphatic hydroxyl groups is 2. The van der Waals surface area contributed by atoms with Gasteiger partial charge in [-0.1, -0.05) is 296 Å². The molecule has 0 rings (SSSR count). The Morgan fingerprint density at radius 2 is 0.708 bits per heavy atom. The number of carbonyl (C=O) groups excluding carboxylic acids is 2. The second-order valence-corrected chi connectivity index (χ2v) is 20.3. The lowest BCUT2D eigenvalue weighted by molar-refractivity contribution is -0.143. The molecule has 0 aromatic carbocycles. The van der Waals surface area contributed by atoms with Crippen LogP contribution in [0.25, 0.3) is 0 Å². The molecule has 0 aromatic rings. The zero-order chi connectivity index (χ0) is 47.2. The van der Waals surface area contributed by atoms with Gasteiger partial charge in [0.15, 0.2) is 0 Å². The van der Waals surface area contributed by atoms with Crippen molar-refractivity contribution in [3.05, 3.63) is 12.2 Å². The topological polar surface area (TPSA) is 95.9 Å². The molecule has 2 atom stereocenters. The van der Waals surface area contributed by atoms with Crippen LogP contribution in [0, 0.1) is 0 Å². The number of hydrogen-bond donors (Lipinski definition) is 3. The fourth-order valence-corrected chi connectivity index (χ4v) is 9.28. The van der Waals surface area contributed by atoms with Gasteiger partial charge in [-0.3, -0.25) is 9.59 Å². The molecule has 0 fully saturated rings. The van der Waals surface area contributed by atoms with Crippen molar-refractivity contribution in [1.82, 2.24) is 5.32 Å². The van der Waals surface area contributed by atoms with Crippen molar-refractivity contribution in [2.45, 2.75) is 341 Å². The van der Waals surface area contributed by atoms with E-state index < -0.39 is 12.1 Å². The Balaban J connectivity index is 3.47. The minimum absolute atomic E-state index is 0.0106. The summed E-state index contributed by atoms with van der Waals surface area (Å²) in [4.78, 5) is 24.6. The number of rotatable bonds is 55. The summed E-state index contributed by atoms with van der Waals surface area (Å²) in [7, 11) is 0. The van der Waals surface area contributed by atoms with Crippen LogP contribution in [0.1, 0.15) is 328 Å². The number of unbranched alkanes of at least 4 members (excludes halogenated alkanes) is 44. The van der Waals surface area contributed by atoms with Gasteiger partial charge in [0.2, 0.25) is 5.91 Å². The van der Waals surface area contributed by atoms with Crippen LogP contribution in [-0.4, -0.2) is 47.4 Å². The van der Waals surface area contributed by atoms with E-state index in [4.69, 9.17) is 4.74 Å². The van der Waals surface area contributed by atoms with Crippen LogP contribution < -0.4 is 5.32 Å². The molecule has 0 aromatic heterocycles. The van der Waals surface area contributed by atoms with Gasteiger partial charge >= 0.3 is 5.97 Å². The molecule has 0 radical (unpaired) electrons. The third-order valence-electron chi connectivity index (χ3n) is 13.8. The Labute approximate surface area is 406 Å². The highest BCUT2D eigenvalue weighted by Crippen LogP contribution is 2.17. The van der Waals surface area contributed by atoms with E-state index in [1.54, 1.807) is 6.08 Å². The number of hydrogen-bond acceptors (Lipinski definition) is 5. The zero-order valence-corrected chi connectivity index (χ0v) is 44.0. The Kier molecular flexibility index (Phi) is 54.0. The van der Waals surface area contributed by atoms with Gasteiger partial charge in [-0.05, 0) is 32.1 Å². The molecule has 6 heteroatoms. The van der Waals surface area contributed by atoms with Crippen molar-refractivity contribution in [2.24, 2.45) is 0 Å². The predicted molar refractivity (Wildman–Crippen MR) is 283 cm³/mol. The molecule has 65 heavy (non-hydrogen) atoms. The first-order valence-corrected chi connectivity index (χ1v) is 29.5. The first kappa shape index (κ1) is 63.6. The SMILES string of the molecule is CCCCCCCCCCCCCCCCCCCC/C=C/C(O)C(CO)NC(=O)CCCCCCCCCCCCCOC(=O)CCCCCCCCCCCCCCCCCCC. The molecule has 0 saturated carbocycles.